The van der Waals surface area contributed by atoms with Crippen LogP contribution in [-0.2, 0) is 0 Å². The van der Waals surface area contributed by atoms with Crippen molar-refractivity contribution in [3.63, 3.8) is 0 Å². The van der Waals surface area contributed by atoms with E-state index in [1.807, 2.05) is 0 Å². The summed E-state index contributed by atoms with van der Waals surface area (Å²) in [7, 11) is 0. The molecular formula is C4H12N2O9. The Morgan fingerprint density at radius 2 is 1.00 bits per heavy atom. The molecule has 11 heteroatoms. The second-order valence-electron chi connectivity index (χ2n) is 1.89. The Balaban J connectivity index is -0.000000155. The fraction of sp³-hybridized carbons (Fsp3) is 1.00. The van der Waals surface area contributed by atoms with E-state index in [1.54, 1.807) is 0 Å². The Hall–Kier alpha value is -1.72. The molecule has 0 spiro atoms. The zero-order chi connectivity index (χ0) is 12.9. The van der Waals surface area contributed by atoms with Gasteiger partial charge in [-0.2, -0.15) is 0 Å². The molecule has 0 aromatic heterocycles. The summed E-state index contributed by atoms with van der Waals surface area (Å²) in [4.78, 5) is 16.7. The number of aliphatic hydroxyl groups excluding tert-OH is 3. The maximum absolute atomic E-state index is 8.36. The Morgan fingerprint density at radius 3 is 1.00 bits per heavy atom. The highest BCUT2D eigenvalue weighted by molar-refractivity contribution is 4.49. The largest absolute Gasteiger partial charge is 0.396 e. The van der Waals surface area contributed by atoms with Crippen molar-refractivity contribution in [2.75, 3.05) is 19.8 Å². The molecule has 0 aliphatic heterocycles. The normalized spacial score (nSPS) is 8.00. The van der Waals surface area contributed by atoms with Crippen LogP contribution in [0.5, 0.6) is 0 Å². The third-order valence-electron chi connectivity index (χ3n) is 0.775. The monoisotopic (exact) mass is 232 g/mol. The lowest BCUT2D eigenvalue weighted by Crippen LogP contribution is -2.14. The molecule has 11 nitrogen and oxygen atoms in total. The fourth-order valence-corrected chi connectivity index (χ4v) is 0.173. The van der Waals surface area contributed by atoms with Crippen LogP contribution in [0.25, 0.3) is 0 Å². The van der Waals surface area contributed by atoms with E-state index in [9.17, 15) is 0 Å². The molecule has 92 valence electrons. The van der Waals surface area contributed by atoms with E-state index in [2.05, 4.69) is 0 Å². The second kappa shape index (κ2) is 14.8. The molecule has 0 heterocycles. The summed E-state index contributed by atoms with van der Waals surface area (Å²) < 4.78 is 0. The van der Waals surface area contributed by atoms with Gasteiger partial charge in [0.2, 0.25) is 0 Å². The van der Waals surface area contributed by atoms with Gasteiger partial charge < -0.3 is 25.7 Å². The molecule has 15 heavy (non-hydrogen) atoms. The van der Waals surface area contributed by atoms with Crippen LogP contribution in [0.15, 0.2) is 0 Å². The highest BCUT2D eigenvalue weighted by Crippen LogP contribution is 1.87. The Kier molecular flexibility index (Phi) is 18.7. The van der Waals surface area contributed by atoms with Gasteiger partial charge in [0.25, 0.3) is 10.2 Å². The van der Waals surface area contributed by atoms with Gasteiger partial charge in [0, 0.05) is 5.92 Å². The SMILES string of the molecule is O=[N+]([O-])O.O=[N+]([O-])O.OCC(CO)CO. The number of aliphatic hydroxyl groups is 3. The van der Waals surface area contributed by atoms with Crippen LogP contribution in [0.1, 0.15) is 0 Å². The highest BCUT2D eigenvalue weighted by atomic mass is 16.9. The van der Waals surface area contributed by atoms with Crippen LogP contribution in [0.4, 0.5) is 0 Å². The third-order valence-corrected chi connectivity index (χ3v) is 0.775. The summed E-state index contributed by atoms with van der Waals surface area (Å²) in [6.45, 7) is -0.437. The van der Waals surface area contributed by atoms with E-state index in [0.29, 0.717) is 0 Å². The third kappa shape index (κ3) is 70.8. The predicted molar refractivity (Wildman–Crippen MR) is 42.3 cm³/mol. The van der Waals surface area contributed by atoms with E-state index in [0.717, 1.165) is 0 Å². The maximum Gasteiger partial charge on any atom is 0.291 e. The van der Waals surface area contributed by atoms with Gasteiger partial charge in [0.1, 0.15) is 0 Å². The summed E-state index contributed by atoms with van der Waals surface area (Å²) in [5.41, 5.74) is 0. The van der Waals surface area contributed by atoms with Crippen molar-refractivity contribution in [2.24, 2.45) is 5.92 Å². The minimum absolute atomic E-state index is 0.146. The summed E-state index contributed by atoms with van der Waals surface area (Å²) >= 11 is 0. The van der Waals surface area contributed by atoms with E-state index >= 15 is 0 Å². The Bertz CT molecular complexity index is 133. The molecule has 0 atom stereocenters. The average Bonchev–Trinajstić information content (AvgIpc) is 2.05. The number of rotatable bonds is 3. The van der Waals surface area contributed by atoms with Gasteiger partial charge in [-0.25, -0.2) is 0 Å². The quantitative estimate of drug-likeness (QED) is 0.267. The molecule has 0 saturated carbocycles. The van der Waals surface area contributed by atoms with Gasteiger partial charge in [-0.15, -0.1) is 20.2 Å². The number of hydrogen-bond donors (Lipinski definition) is 5. The van der Waals surface area contributed by atoms with Crippen LogP contribution in [0.2, 0.25) is 0 Å². The molecule has 0 fully saturated rings. The Labute approximate surface area is 83.0 Å². The Morgan fingerprint density at radius 1 is 0.867 bits per heavy atom. The van der Waals surface area contributed by atoms with Crippen molar-refractivity contribution >= 4 is 0 Å². The molecule has 0 saturated heterocycles. The minimum Gasteiger partial charge on any atom is -0.396 e. The maximum atomic E-state index is 8.36. The zero-order valence-electron chi connectivity index (χ0n) is 7.46. The van der Waals surface area contributed by atoms with Gasteiger partial charge in [-0.1, -0.05) is 0 Å². The smallest absolute Gasteiger partial charge is 0.291 e. The van der Waals surface area contributed by atoms with Crippen molar-refractivity contribution in [3.05, 3.63) is 20.2 Å². The number of nitrogens with zero attached hydrogens (tertiary/aromatic N) is 2. The molecule has 0 radical (unpaired) electrons. The number of hydrogen-bond acceptors (Lipinski definition) is 7. The van der Waals surface area contributed by atoms with Crippen molar-refractivity contribution in [1.29, 1.82) is 0 Å². The lowest BCUT2D eigenvalue weighted by Gasteiger charge is -2.02. The first-order valence-corrected chi connectivity index (χ1v) is 3.30. The first-order chi connectivity index (χ1) is 6.81. The first-order valence-electron chi connectivity index (χ1n) is 3.30. The minimum atomic E-state index is -1.50. The first kappa shape index (κ1) is 18.9. The van der Waals surface area contributed by atoms with Crippen LogP contribution in [0.3, 0.4) is 0 Å². The van der Waals surface area contributed by atoms with Crippen molar-refractivity contribution in [1.82, 2.24) is 0 Å². The van der Waals surface area contributed by atoms with Crippen molar-refractivity contribution in [2.45, 2.75) is 0 Å². The molecule has 0 aromatic rings. The second-order valence-corrected chi connectivity index (χ2v) is 1.89. The van der Waals surface area contributed by atoms with E-state index in [4.69, 9.17) is 46.0 Å². The highest BCUT2D eigenvalue weighted by Gasteiger charge is 2.00. The zero-order valence-corrected chi connectivity index (χ0v) is 7.46. The summed E-state index contributed by atoms with van der Waals surface area (Å²) in [6.07, 6.45) is 0. The van der Waals surface area contributed by atoms with E-state index in [1.165, 1.54) is 0 Å². The molecular weight excluding hydrogens is 220 g/mol. The van der Waals surface area contributed by atoms with Crippen LogP contribution >= 0.6 is 0 Å². The molecule has 0 amide bonds. The average molecular weight is 232 g/mol. The van der Waals surface area contributed by atoms with E-state index in [-0.39, 0.29) is 25.7 Å². The topological polar surface area (TPSA) is 187 Å². The van der Waals surface area contributed by atoms with Gasteiger partial charge in [-0.3, -0.25) is 0 Å². The molecule has 0 rings (SSSR count). The van der Waals surface area contributed by atoms with Crippen LogP contribution in [0, 0.1) is 26.1 Å². The molecule has 0 aliphatic carbocycles. The van der Waals surface area contributed by atoms with Gasteiger partial charge in [0.05, 0.1) is 19.8 Å². The molecule has 0 unspecified atom stereocenters. The van der Waals surface area contributed by atoms with Gasteiger partial charge in [0.15, 0.2) is 0 Å². The summed E-state index contributed by atoms with van der Waals surface area (Å²) in [5, 5.41) is 51.9. The molecule has 0 bridgehead atoms. The standard InChI is InChI=1S/C4H10O3.2HNO3/c5-1-4(2-6)3-7;2*2-1(3)4/h4-7H,1-3H2;2*(H,2,3,4). The van der Waals surface area contributed by atoms with E-state index < -0.39 is 10.2 Å². The fourth-order valence-electron chi connectivity index (χ4n) is 0.173. The summed E-state index contributed by atoms with van der Waals surface area (Å²) in [5.74, 6) is -0.347. The van der Waals surface area contributed by atoms with Gasteiger partial charge >= 0.3 is 0 Å². The lowest BCUT2D eigenvalue weighted by molar-refractivity contribution is -0.742. The van der Waals surface area contributed by atoms with Crippen molar-refractivity contribution < 1.29 is 35.9 Å². The van der Waals surface area contributed by atoms with Crippen molar-refractivity contribution in [3.8, 4) is 0 Å². The molecule has 5 N–H and O–H groups in total. The van der Waals surface area contributed by atoms with Crippen LogP contribution < -0.4 is 0 Å². The molecule has 0 aliphatic rings. The summed E-state index contributed by atoms with van der Waals surface area (Å²) in [6, 6.07) is 0. The lowest BCUT2D eigenvalue weighted by atomic mass is 10.2. The predicted octanol–water partition coefficient (Wildman–Crippen LogP) is -2.12. The van der Waals surface area contributed by atoms with Crippen LogP contribution in [-0.4, -0.2) is 55.7 Å². The van der Waals surface area contributed by atoms with Gasteiger partial charge in [-0.05, 0) is 0 Å². The molecule has 0 aromatic carbocycles.